The van der Waals surface area contributed by atoms with Gasteiger partial charge in [0, 0.05) is 18.7 Å². The SMILES string of the molecule is O=C(Cc1ccccc1OC(F)F)N1C[C@@H]2CCC[C@@]2(C(=O)O)C1. The monoisotopic (exact) mass is 339 g/mol. The van der Waals surface area contributed by atoms with Crippen LogP contribution in [-0.4, -0.2) is 41.6 Å². The number of aliphatic carboxylic acids is 1. The summed E-state index contributed by atoms with van der Waals surface area (Å²) in [6.45, 7) is -2.34. The molecule has 1 aromatic carbocycles. The van der Waals surface area contributed by atoms with Gasteiger partial charge in [-0.2, -0.15) is 8.78 Å². The Hall–Kier alpha value is -2.18. The zero-order valence-electron chi connectivity index (χ0n) is 13.1. The van der Waals surface area contributed by atoms with Crippen molar-refractivity contribution in [3.8, 4) is 5.75 Å². The molecule has 130 valence electrons. The number of hydrogen-bond donors (Lipinski definition) is 1. The van der Waals surface area contributed by atoms with Crippen molar-refractivity contribution >= 4 is 11.9 Å². The van der Waals surface area contributed by atoms with Gasteiger partial charge in [-0.1, -0.05) is 24.6 Å². The lowest BCUT2D eigenvalue weighted by atomic mass is 9.81. The van der Waals surface area contributed by atoms with Gasteiger partial charge in [0.05, 0.1) is 11.8 Å². The third kappa shape index (κ3) is 2.95. The van der Waals surface area contributed by atoms with Gasteiger partial charge in [0.15, 0.2) is 0 Å². The molecule has 0 bridgehead atoms. The van der Waals surface area contributed by atoms with Crippen LogP contribution < -0.4 is 4.74 Å². The van der Waals surface area contributed by atoms with E-state index in [4.69, 9.17) is 0 Å². The molecule has 7 heteroatoms. The molecule has 1 N–H and O–H groups in total. The average molecular weight is 339 g/mol. The van der Waals surface area contributed by atoms with Gasteiger partial charge in [0.1, 0.15) is 5.75 Å². The summed E-state index contributed by atoms with van der Waals surface area (Å²) in [5.74, 6) is -1.14. The number of benzene rings is 1. The highest BCUT2D eigenvalue weighted by Crippen LogP contribution is 2.49. The second-order valence-corrected chi connectivity index (χ2v) is 6.49. The van der Waals surface area contributed by atoms with Gasteiger partial charge in [-0.25, -0.2) is 0 Å². The van der Waals surface area contributed by atoms with Crippen LogP contribution in [0, 0.1) is 11.3 Å². The van der Waals surface area contributed by atoms with Crippen molar-refractivity contribution in [1.82, 2.24) is 4.90 Å². The molecule has 2 fully saturated rings. The maximum Gasteiger partial charge on any atom is 0.387 e. The average Bonchev–Trinajstić information content (AvgIpc) is 3.06. The van der Waals surface area contributed by atoms with Crippen LogP contribution in [-0.2, 0) is 16.0 Å². The highest BCUT2D eigenvalue weighted by atomic mass is 19.3. The van der Waals surface area contributed by atoms with Gasteiger partial charge in [-0.15, -0.1) is 0 Å². The predicted octanol–water partition coefficient (Wildman–Crippen LogP) is 2.54. The maximum atomic E-state index is 12.5. The van der Waals surface area contributed by atoms with Crippen LogP contribution >= 0.6 is 0 Å². The molecule has 1 saturated carbocycles. The largest absolute Gasteiger partial charge is 0.481 e. The van der Waals surface area contributed by atoms with Gasteiger partial charge in [-0.3, -0.25) is 9.59 Å². The minimum Gasteiger partial charge on any atom is -0.481 e. The molecule has 1 heterocycles. The molecule has 2 aliphatic rings. The Balaban J connectivity index is 1.72. The number of hydrogen-bond acceptors (Lipinski definition) is 3. The highest BCUT2D eigenvalue weighted by molar-refractivity contribution is 5.83. The molecule has 1 amide bonds. The Morgan fingerprint density at radius 2 is 2.12 bits per heavy atom. The molecule has 1 aromatic rings. The van der Waals surface area contributed by atoms with Crippen LogP contribution in [0.3, 0.4) is 0 Å². The van der Waals surface area contributed by atoms with E-state index in [9.17, 15) is 23.5 Å². The number of nitrogens with zero attached hydrogens (tertiary/aromatic N) is 1. The number of para-hydroxylation sites is 1. The lowest BCUT2D eigenvalue weighted by Gasteiger charge is -2.23. The second kappa shape index (κ2) is 6.37. The molecule has 1 aliphatic carbocycles. The number of fused-ring (bicyclic) bond motifs is 1. The molecule has 24 heavy (non-hydrogen) atoms. The van der Waals surface area contributed by atoms with Crippen LogP contribution in [0.4, 0.5) is 8.78 Å². The van der Waals surface area contributed by atoms with Crippen molar-refractivity contribution in [1.29, 1.82) is 0 Å². The van der Waals surface area contributed by atoms with Crippen LogP contribution in [0.15, 0.2) is 24.3 Å². The van der Waals surface area contributed by atoms with Crippen LogP contribution in [0.2, 0.25) is 0 Å². The Kier molecular flexibility index (Phi) is 4.43. The van der Waals surface area contributed by atoms with E-state index >= 15 is 0 Å². The maximum absolute atomic E-state index is 12.5. The van der Waals surface area contributed by atoms with Crippen LogP contribution in [0.25, 0.3) is 0 Å². The van der Waals surface area contributed by atoms with E-state index in [1.54, 1.807) is 23.1 Å². The normalized spacial score (nSPS) is 25.8. The first-order chi connectivity index (χ1) is 11.4. The predicted molar refractivity (Wildman–Crippen MR) is 80.8 cm³/mol. The molecule has 5 nitrogen and oxygen atoms in total. The van der Waals surface area contributed by atoms with E-state index in [1.165, 1.54) is 6.07 Å². The fourth-order valence-electron chi connectivity index (χ4n) is 3.96. The third-order valence-corrected chi connectivity index (χ3v) is 5.18. The van der Waals surface area contributed by atoms with Crippen LogP contribution in [0.5, 0.6) is 5.75 Å². The van der Waals surface area contributed by atoms with Gasteiger partial charge < -0.3 is 14.7 Å². The van der Waals surface area contributed by atoms with E-state index in [0.29, 0.717) is 18.5 Å². The fraction of sp³-hybridized carbons (Fsp3) is 0.529. The number of carbonyl (C=O) groups excluding carboxylic acids is 1. The second-order valence-electron chi connectivity index (χ2n) is 6.49. The molecule has 0 unspecified atom stereocenters. The molecule has 1 saturated heterocycles. The van der Waals surface area contributed by atoms with Gasteiger partial charge >= 0.3 is 12.6 Å². The number of halogens is 2. The lowest BCUT2D eigenvalue weighted by Crippen LogP contribution is -2.37. The first-order valence-electron chi connectivity index (χ1n) is 7.96. The van der Waals surface area contributed by atoms with Crippen molar-refractivity contribution in [3.63, 3.8) is 0 Å². The molecular weight excluding hydrogens is 320 g/mol. The Labute approximate surface area is 138 Å². The first kappa shape index (κ1) is 16.7. The zero-order chi connectivity index (χ0) is 17.3. The Bertz CT molecular complexity index is 651. The summed E-state index contributed by atoms with van der Waals surface area (Å²) in [5.41, 5.74) is -0.460. The van der Waals surface area contributed by atoms with Crippen molar-refractivity contribution in [2.24, 2.45) is 11.3 Å². The summed E-state index contributed by atoms with van der Waals surface area (Å²) in [7, 11) is 0. The first-order valence-corrected chi connectivity index (χ1v) is 7.96. The number of carboxylic acid groups (broad SMARTS) is 1. The number of carboxylic acids is 1. The number of rotatable bonds is 5. The lowest BCUT2D eigenvalue weighted by molar-refractivity contribution is -0.149. The summed E-state index contributed by atoms with van der Waals surface area (Å²) >= 11 is 0. The minimum absolute atomic E-state index is 0.0202. The fourth-order valence-corrected chi connectivity index (χ4v) is 3.96. The summed E-state index contributed by atoms with van der Waals surface area (Å²) in [6, 6.07) is 6.18. The van der Waals surface area contributed by atoms with Crippen molar-refractivity contribution in [2.45, 2.75) is 32.3 Å². The number of amides is 1. The van der Waals surface area contributed by atoms with E-state index in [0.717, 1.165) is 12.8 Å². The molecule has 2 atom stereocenters. The van der Waals surface area contributed by atoms with Crippen molar-refractivity contribution in [2.75, 3.05) is 13.1 Å². The van der Waals surface area contributed by atoms with Crippen molar-refractivity contribution in [3.05, 3.63) is 29.8 Å². The Morgan fingerprint density at radius 1 is 1.38 bits per heavy atom. The van der Waals surface area contributed by atoms with Gasteiger partial charge in [-0.05, 0) is 24.8 Å². The van der Waals surface area contributed by atoms with E-state index in [2.05, 4.69) is 4.74 Å². The topological polar surface area (TPSA) is 66.8 Å². The number of carbonyl (C=O) groups is 2. The van der Waals surface area contributed by atoms with Gasteiger partial charge in [0.2, 0.25) is 5.91 Å². The minimum atomic E-state index is -2.96. The summed E-state index contributed by atoms with van der Waals surface area (Å²) in [5, 5.41) is 9.57. The Morgan fingerprint density at radius 3 is 2.79 bits per heavy atom. The smallest absolute Gasteiger partial charge is 0.387 e. The molecule has 0 radical (unpaired) electrons. The standard InChI is InChI=1S/C17H19F2NO4/c18-16(19)24-13-6-2-1-4-11(13)8-14(21)20-9-12-5-3-7-17(12,10-20)15(22)23/h1-2,4,6,12,16H,3,5,7-10H2,(H,22,23)/t12-,17+/m0/s1. The third-order valence-electron chi connectivity index (χ3n) is 5.18. The molecule has 0 aromatic heterocycles. The molecule has 1 aliphatic heterocycles. The highest BCUT2D eigenvalue weighted by Gasteiger charge is 2.55. The van der Waals surface area contributed by atoms with Gasteiger partial charge in [0.25, 0.3) is 0 Å². The quantitative estimate of drug-likeness (QED) is 0.895. The summed E-state index contributed by atoms with van der Waals surface area (Å²) < 4.78 is 29.3. The summed E-state index contributed by atoms with van der Waals surface area (Å²) in [6.07, 6.45) is 2.18. The number of alkyl halides is 2. The molecule has 3 rings (SSSR count). The van der Waals surface area contributed by atoms with E-state index in [-0.39, 0.29) is 30.5 Å². The zero-order valence-corrected chi connectivity index (χ0v) is 13.1. The van der Waals surface area contributed by atoms with Crippen molar-refractivity contribution < 1.29 is 28.2 Å². The number of ether oxygens (including phenoxy) is 1. The molecule has 0 spiro atoms. The van der Waals surface area contributed by atoms with E-state index < -0.39 is 18.0 Å². The van der Waals surface area contributed by atoms with Crippen LogP contribution in [0.1, 0.15) is 24.8 Å². The summed E-state index contributed by atoms with van der Waals surface area (Å²) in [4.78, 5) is 25.8. The van der Waals surface area contributed by atoms with E-state index in [1.807, 2.05) is 0 Å². The molecular formula is C17H19F2NO4. The number of likely N-dealkylation sites (tertiary alicyclic amines) is 1.